The second-order valence-electron chi connectivity index (χ2n) is 9.91. The summed E-state index contributed by atoms with van der Waals surface area (Å²) in [6.45, 7) is 6.06. The molecule has 0 saturated carbocycles. The van der Waals surface area contributed by atoms with Gasteiger partial charge in [-0.1, -0.05) is 49.7 Å². The summed E-state index contributed by atoms with van der Waals surface area (Å²) < 4.78 is 23.4. The van der Waals surface area contributed by atoms with Crippen molar-refractivity contribution < 1.29 is 23.7 Å². The number of carbonyl (C=O) groups excluding carboxylic acids is 1. The third-order valence-electron chi connectivity index (χ3n) is 7.00. The van der Waals surface area contributed by atoms with E-state index >= 15 is 0 Å². The molecular weight excluding hydrogens is 490 g/mol. The summed E-state index contributed by atoms with van der Waals surface area (Å²) >= 11 is 6.08. The lowest BCUT2D eigenvalue weighted by Crippen LogP contribution is -2.31. The fraction of sp³-hybridized carbons (Fsp3) is 0.367. The first kappa shape index (κ1) is 25.4. The van der Waals surface area contributed by atoms with Crippen molar-refractivity contribution in [2.24, 2.45) is 11.8 Å². The summed E-state index contributed by atoms with van der Waals surface area (Å²) in [5, 5.41) is 3.60. The van der Waals surface area contributed by atoms with Crippen LogP contribution in [0.2, 0.25) is 5.02 Å². The Labute approximate surface area is 222 Å². The molecule has 0 spiro atoms. The second kappa shape index (κ2) is 11.4. The Morgan fingerprint density at radius 2 is 1.78 bits per heavy atom. The maximum absolute atomic E-state index is 12.5. The molecule has 0 bridgehead atoms. The van der Waals surface area contributed by atoms with Gasteiger partial charge in [0.25, 0.3) is 5.91 Å². The van der Waals surface area contributed by atoms with Gasteiger partial charge in [-0.25, -0.2) is 0 Å². The quantitative estimate of drug-likeness (QED) is 0.377. The molecule has 7 heteroatoms. The van der Waals surface area contributed by atoms with Gasteiger partial charge >= 0.3 is 0 Å². The normalized spacial score (nSPS) is 20.9. The summed E-state index contributed by atoms with van der Waals surface area (Å²) in [7, 11) is 0. The average molecular weight is 522 g/mol. The van der Waals surface area contributed by atoms with Crippen LogP contribution in [0.3, 0.4) is 0 Å². The molecule has 1 saturated heterocycles. The average Bonchev–Trinajstić information content (AvgIpc) is 2.92. The van der Waals surface area contributed by atoms with Crippen LogP contribution >= 0.6 is 11.6 Å². The number of carbonyl (C=O) groups is 1. The summed E-state index contributed by atoms with van der Waals surface area (Å²) in [6, 6.07) is 21.3. The van der Waals surface area contributed by atoms with Gasteiger partial charge in [0.1, 0.15) is 19.0 Å². The number of hydrogen-bond donors (Lipinski definition) is 1. The topological polar surface area (TPSA) is 66.0 Å². The van der Waals surface area contributed by atoms with Crippen molar-refractivity contribution in [2.75, 3.05) is 31.7 Å². The number of hydrogen-bond acceptors (Lipinski definition) is 5. The molecule has 1 amide bonds. The van der Waals surface area contributed by atoms with Crippen LogP contribution in [0.25, 0.3) is 0 Å². The van der Waals surface area contributed by atoms with Crippen molar-refractivity contribution in [3.8, 4) is 17.2 Å². The highest BCUT2D eigenvalue weighted by molar-refractivity contribution is 6.30. The van der Waals surface area contributed by atoms with E-state index in [1.54, 1.807) is 18.2 Å². The number of nitrogens with one attached hydrogen (secondary N) is 1. The molecule has 5 rings (SSSR count). The smallest absolute Gasteiger partial charge is 0.262 e. The standard InChI is InChI=1S/C30H32ClNO5/c1-19(2)26-15-22(20-6-8-23(31)9-7-20)17-37-30(26)21-4-3-5-25(14-21)36-18-29(33)32-24-10-11-27-28(16-24)35-13-12-34-27/h3-11,14,16,19,22,26,30H,12-13,15,17-18H2,1-2H3,(H,32,33)/t22-,26-,30-/m0/s1. The van der Waals surface area contributed by atoms with Gasteiger partial charge < -0.3 is 24.3 Å². The maximum Gasteiger partial charge on any atom is 0.262 e. The van der Waals surface area contributed by atoms with E-state index in [0.717, 1.165) is 17.0 Å². The zero-order valence-corrected chi connectivity index (χ0v) is 21.9. The van der Waals surface area contributed by atoms with Gasteiger partial charge in [-0.2, -0.15) is 0 Å². The third-order valence-corrected chi connectivity index (χ3v) is 7.25. The van der Waals surface area contributed by atoms with Gasteiger partial charge in [-0.3, -0.25) is 4.79 Å². The Kier molecular flexibility index (Phi) is 7.87. The van der Waals surface area contributed by atoms with E-state index in [0.29, 0.717) is 60.5 Å². The summed E-state index contributed by atoms with van der Waals surface area (Å²) in [5.74, 6) is 2.83. The predicted octanol–water partition coefficient (Wildman–Crippen LogP) is 6.65. The molecule has 0 aromatic heterocycles. The highest BCUT2D eigenvalue weighted by atomic mass is 35.5. The van der Waals surface area contributed by atoms with Crippen LogP contribution in [0.4, 0.5) is 5.69 Å². The molecule has 3 atom stereocenters. The SMILES string of the molecule is CC(C)[C@@H]1C[C@H](c2ccc(Cl)cc2)CO[C@H]1c1cccc(OCC(=O)Nc2ccc3c(c2)OCCO3)c1. The van der Waals surface area contributed by atoms with E-state index in [9.17, 15) is 4.79 Å². The Morgan fingerprint density at radius 3 is 2.57 bits per heavy atom. The highest BCUT2D eigenvalue weighted by Gasteiger charge is 2.35. The third kappa shape index (κ3) is 6.20. The van der Waals surface area contributed by atoms with E-state index in [1.807, 2.05) is 30.3 Å². The highest BCUT2D eigenvalue weighted by Crippen LogP contribution is 2.44. The van der Waals surface area contributed by atoms with Gasteiger partial charge in [-0.05, 0) is 65.8 Å². The Balaban J connectivity index is 1.21. The molecule has 3 aromatic rings. The minimum Gasteiger partial charge on any atom is -0.486 e. The van der Waals surface area contributed by atoms with Gasteiger partial charge in [0.15, 0.2) is 18.1 Å². The minimum absolute atomic E-state index is 0.0290. The predicted molar refractivity (Wildman–Crippen MR) is 144 cm³/mol. The van der Waals surface area contributed by atoms with Crippen LogP contribution in [-0.2, 0) is 9.53 Å². The molecule has 0 aliphatic carbocycles. The van der Waals surface area contributed by atoms with Gasteiger partial charge in [0, 0.05) is 22.7 Å². The van der Waals surface area contributed by atoms with E-state index < -0.39 is 0 Å². The molecule has 2 aliphatic heterocycles. The first-order valence-electron chi connectivity index (χ1n) is 12.8. The van der Waals surface area contributed by atoms with Crippen LogP contribution in [-0.4, -0.2) is 32.3 Å². The largest absolute Gasteiger partial charge is 0.486 e. The van der Waals surface area contributed by atoms with Crippen molar-refractivity contribution in [3.63, 3.8) is 0 Å². The lowest BCUT2D eigenvalue weighted by Gasteiger charge is -2.39. The molecule has 3 aromatic carbocycles. The van der Waals surface area contributed by atoms with Crippen molar-refractivity contribution in [3.05, 3.63) is 82.9 Å². The number of halogens is 1. The van der Waals surface area contributed by atoms with E-state index in [-0.39, 0.29) is 18.6 Å². The number of rotatable bonds is 7. The van der Waals surface area contributed by atoms with E-state index in [4.69, 9.17) is 30.5 Å². The van der Waals surface area contributed by atoms with E-state index in [2.05, 4.69) is 37.4 Å². The lowest BCUT2D eigenvalue weighted by atomic mass is 9.76. The van der Waals surface area contributed by atoms with Crippen molar-refractivity contribution >= 4 is 23.2 Å². The van der Waals surface area contributed by atoms with Crippen LogP contribution in [0.5, 0.6) is 17.2 Å². The number of fused-ring (bicyclic) bond motifs is 1. The molecule has 194 valence electrons. The number of ether oxygens (including phenoxy) is 4. The molecule has 37 heavy (non-hydrogen) atoms. The molecule has 0 unspecified atom stereocenters. The summed E-state index contributed by atoms with van der Waals surface area (Å²) in [5.41, 5.74) is 2.96. The lowest BCUT2D eigenvalue weighted by molar-refractivity contribution is -0.118. The van der Waals surface area contributed by atoms with Crippen LogP contribution < -0.4 is 19.5 Å². The summed E-state index contributed by atoms with van der Waals surface area (Å²) in [6.07, 6.45) is 1.01. The number of amides is 1. The molecule has 1 fully saturated rings. The minimum atomic E-state index is -0.248. The molecule has 2 aliphatic rings. The van der Waals surface area contributed by atoms with Crippen molar-refractivity contribution in [2.45, 2.75) is 32.3 Å². The maximum atomic E-state index is 12.5. The van der Waals surface area contributed by atoms with Crippen LogP contribution in [0.15, 0.2) is 66.7 Å². The molecule has 0 radical (unpaired) electrons. The molecule has 1 N–H and O–H groups in total. The van der Waals surface area contributed by atoms with Crippen LogP contribution in [0, 0.1) is 11.8 Å². The van der Waals surface area contributed by atoms with E-state index in [1.165, 1.54) is 5.56 Å². The van der Waals surface area contributed by atoms with Gasteiger partial charge in [0.2, 0.25) is 0 Å². The molecule has 2 heterocycles. The van der Waals surface area contributed by atoms with Gasteiger partial charge in [0.05, 0.1) is 12.7 Å². The van der Waals surface area contributed by atoms with Gasteiger partial charge in [-0.15, -0.1) is 0 Å². The fourth-order valence-corrected chi connectivity index (χ4v) is 5.17. The van der Waals surface area contributed by atoms with Crippen molar-refractivity contribution in [1.29, 1.82) is 0 Å². The fourth-order valence-electron chi connectivity index (χ4n) is 5.04. The van der Waals surface area contributed by atoms with Crippen LogP contribution in [0.1, 0.15) is 43.4 Å². The summed E-state index contributed by atoms with van der Waals surface area (Å²) in [4.78, 5) is 12.5. The zero-order chi connectivity index (χ0) is 25.8. The Hall–Kier alpha value is -3.22. The Morgan fingerprint density at radius 1 is 1.00 bits per heavy atom. The first-order chi connectivity index (χ1) is 18.0. The first-order valence-corrected chi connectivity index (χ1v) is 13.1. The Bertz CT molecular complexity index is 1230. The van der Waals surface area contributed by atoms with Crippen molar-refractivity contribution in [1.82, 2.24) is 0 Å². The number of benzene rings is 3. The second-order valence-corrected chi connectivity index (χ2v) is 10.4. The monoisotopic (exact) mass is 521 g/mol. The molecular formula is C30H32ClNO5. The molecule has 6 nitrogen and oxygen atoms in total. The number of anilines is 1. The zero-order valence-electron chi connectivity index (χ0n) is 21.1.